The van der Waals surface area contributed by atoms with Gasteiger partial charge >= 0.3 is 0 Å². The summed E-state index contributed by atoms with van der Waals surface area (Å²) in [5, 5.41) is 8.41. The molecule has 21 heavy (non-hydrogen) atoms. The first-order chi connectivity index (χ1) is 10.2. The molecule has 0 fully saturated rings. The molecule has 1 aromatic carbocycles. The van der Waals surface area contributed by atoms with Gasteiger partial charge < -0.3 is 10.2 Å². The van der Waals surface area contributed by atoms with Crippen molar-refractivity contribution in [2.75, 3.05) is 0 Å². The summed E-state index contributed by atoms with van der Waals surface area (Å²) in [7, 11) is 0. The number of hydrogen-bond donors (Lipinski definition) is 2. The Balaban J connectivity index is 1.84. The van der Waals surface area contributed by atoms with Crippen molar-refractivity contribution in [1.82, 2.24) is 10.2 Å². The van der Waals surface area contributed by atoms with E-state index in [9.17, 15) is 4.79 Å². The molecule has 5 heteroatoms. The number of H-pyrrole nitrogens is 1. The highest BCUT2D eigenvalue weighted by Crippen LogP contribution is 2.37. The van der Waals surface area contributed by atoms with Gasteiger partial charge in [-0.1, -0.05) is 18.2 Å². The first kappa shape index (κ1) is 12.2. The van der Waals surface area contributed by atoms with Gasteiger partial charge in [0.1, 0.15) is 11.3 Å². The molecule has 4 rings (SSSR count). The zero-order chi connectivity index (χ0) is 14.4. The molecule has 1 unspecified atom stereocenters. The highest BCUT2D eigenvalue weighted by Gasteiger charge is 2.30. The fourth-order valence-electron chi connectivity index (χ4n) is 3.13. The molecule has 1 aliphatic rings. The van der Waals surface area contributed by atoms with Gasteiger partial charge in [0.05, 0.1) is 11.6 Å². The molecule has 3 N–H and O–H groups in total. The lowest BCUT2D eigenvalue weighted by Crippen LogP contribution is -2.25. The van der Waals surface area contributed by atoms with E-state index in [0.29, 0.717) is 0 Å². The number of nitrogens with one attached hydrogen (secondary N) is 1. The van der Waals surface area contributed by atoms with Gasteiger partial charge in [-0.2, -0.15) is 5.10 Å². The van der Waals surface area contributed by atoms with Crippen LogP contribution in [0.25, 0.3) is 22.4 Å². The molecule has 106 valence electrons. The summed E-state index contributed by atoms with van der Waals surface area (Å²) in [4.78, 5) is 11.6. The Morgan fingerprint density at radius 1 is 1.38 bits per heavy atom. The van der Waals surface area contributed by atoms with Crippen LogP contribution in [0, 0.1) is 0 Å². The van der Waals surface area contributed by atoms with Crippen LogP contribution < -0.4 is 5.73 Å². The summed E-state index contributed by atoms with van der Waals surface area (Å²) >= 11 is 0. The van der Waals surface area contributed by atoms with Gasteiger partial charge in [0.25, 0.3) is 0 Å². The Labute approximate surface area is 121 Å². The highest BCUT2D eigenvalue weighted by atomic mass is 16.3. The van der Waals surface area contributed by atoms with Gasteiger partial charge in [0, 0.05) is 10.9 Å². The number of rotatable bonds is 2. The Bertz CT molecular complexity index is 798. The van der Waals surface area contributed by atoms with Crippen molar-refractivity contribution in [1.29, 1.82) is 0 Å². The van der Waals surface area contributed by atoms with Crippen LogP contribution in [0.3, 0.4) is 0 Å². The number of nitrogens with two attached hydrogens (primary N) is 1. The zero-order valence-corrected chi connectivity index (χ0v) is 11.4. The van der Waals surface area contributed by atoms with E-state index in [2.05, 4.69) is 10.2 Å². The predicted molar refractivity (Wildman–Crippen MR) is 78.7 cm³/mol. The maximum absolute atomic E-state index is 11.6. The number of hydrogen-bond acceptors (Lipinski definition) is 3. The molecule has 0 saturated heterocycles. The smallest absolute Gasteiger partial charge is 0.226 e. The van der Waals surface area contributed by atoms with Crippen molar-refractivity contribution in [3.8, 4) is 11.5 Å². The van der Waals surface area contributed by atoms with Crippen molar-refractivity contribution in [2.24, 2.45) is 5.73 Å². The molecule has 0 radical (unpaired) electrons. The quantitative estimate of drug-likeness (QED) is 0.757. The van der Waals surface area contributed by atoms with Gasteiger partial charge in [-0.05, 0) is 31.4 Å². The predicted octanol–water partition coefficient (Wildman–Crippen LogP) is 2.73. The van der Waals surface area contributed by atoms with Crippen molar-refractivity contribution in [3.63, 3.8) is 0 Å². The number of aromatic nitrogens is 2. The number of benzene rings is 1. The van der Waals surface area contributed by atoms with E-state index in [-0.39, 0.29) is 11.8 Å². The first-order valence-corrected chi connectivity index (χ1v) is 7.09. The molecule has 0 aliphatic heterocycles. The Hall–Kier alpha value is -2.56. The van der Waals surface area contributed by atoms with Crippen molar-refractivity contribution in [2.45, 2.75) is 25.2 Å². The minimum absolute atomic E-state index is 0.264. The van der Waals surface area contributed by atoms with E-state index < -0.39 is 0 Å². The third-order valence-corrected chi connectivity index (χ3v) is 4.17. The van der Waals surface area contributed by atoms with Gasteiger partial charge in [0.2, 0.25) is 5.91 Å². The van der Waals surface area contributed by atoms with Gasteiger partial charge in [-0.3, -0.25) is 9.89 Å². The SMILES string of the molecule is NC(=O)C1CCCc2c(-c3cc4ccccc4o3)n[nH]c21. The van der Waals surface area contributed by atoms with Gasteiger partial charge in [-0.15, -0.1) is 0 Å². The minimum Gasteiger partial charge on any atom is -0.454 e. The summed E-state index contributed by atoms with van der Waals surface area (Å²) in [6, 6.07) is 9.85. The fourth-order valence-corrected chi connectivity index (χ4v) is 3.13. The zero-order valence-electron chi connectivity index (χ0n) is 11.4. The summed E-state index contributed by atoms with van der Waals surface area (Å²) in [6.45, 7) is 0. The number of nitrogens with zero attached hydrogens (tertiary/aromatic N) is 1. The monoisotopic (exact) mass is 281 g/mol. The average molecular weight is 281 g/mol. The standard InChI is InChI=1S/C16H15N3O2/c17-16(20)11-6-3-5-10-14(11)18-19-15(10)13-8-9-4-1-2-7-12(9)21-13/h1-2,4,7-8,11H,3,5-6H2,(H2,17,20)(H,18,19). The number of furan rings is 1. The second-order valence-electron chi connectivity index (χ2n) is 5.46. The van der Waals surface area contributed by atoms with Crippen LogP contribution in [0.15, 0.2) is 34.7 Å². The Morgan fingerprint density at radius 3 is 3.05 bits per heavy atom. The van der Waals surface area contributed by atoms with E-state index in [1.54, 1.807) is 0 Å². The summed E-state index contributed by atoms with van der Waals surface area (Å²) < 4.78 is 5.88. The van der Waals surface area contributed by atoms with Gasteiger partial charge in [0.15, 0.2) is 5.76 Å². The largest absolute Gasteiger partial charge is 0.454 e. The average Bonchev–Trinajstić information content (AvgIpc) is 3.09. The molecule has 2 heterocycles. The second-order valence-corrected chi connectivity index (χ2v) is 5.46. The summed E-state index contributed by atoms with van der Waals surface area (Å²) in [5.41, 5.74) is 9.03. The van der Waals surface area contributed by atoms with Crippen LogP contribution in [-0.2, 0) is 11.2 Å². The minimum atomic E-state index is -0.296. The van der Waals surface area contributed by atoms with Crippen LogP contribution >= 0.6 is 0 Å². The summed E-state index contributed by atoms with van der Waals surface area (Å²) in [5.74, 6) is 0.175. The molecular weight excluding hydrogens is 266 g/mol. The van der Waals surface area contributed by atoms with Crippen LogP contribution in [-0.4, -0.2) is 16.1 Å². The maximum atomic E-state index is 11.6. The number of aromatic amines is 1. The first-order valence-electron chi connectivity index (χ1n) is 7.09. The Morgan fingerprint density at radius 2 is 2.24 bits per heavy atom. The molecule has 5 nitrogen and oxygen atoms in total. The third kappa shape index (κ3) is 1.85. The van der Waals surface area contributed by atoms with Crippen molar-refractivity contribution in [3.05, 3.63) is 41.6 Å². The lowest BCUT2D eigenvalue weighted by molar-refractivity contribution is -0.119. The molecule has 1 amide bonds. The number of fused-ring (bicyclic) bond motifs is 2. The molecule has 1 atom stereocenters. The number of carbonyl (C=O) groups excluding carboxylic acids is 1. The Kier molecular flexibility index (Phi) is 2.60. The summed E-state index contributed by atoms with van der Waals surface area (Å²) in [6.07, 6.45) is 2.61. The van der Waals surface area contributed by atoms with Crippen LogP contribution in [0.5, 0.6) is 0 Å². The fraction of sp³-hybridized carbons (Fsp3) is 0.250. The molecule has 0 spiro atoms. The van der Waals surface area contributed by atoms with E-state index >= 15 is 0 Å². The number of carbonyl (C=O) groups is 1. The normalized spacial score (nSPS) is 17.8. The van der Waals surface area contributed by atoms with E-state index in [4.69, 9.17) is 10.2 Å². The second kappa shape index (κ2) is 4.48. The van der Waals surface area contributed by atoms with Crippen molar-refractivity contribution < 1.29 is 9.21 Å². The maximum Gasteiger partial charge on any atom is 0.226 e. The van der Waals surface area contributed by atoms with Crippen molar-refractivity contribution >= 4 is 16.9 Å². The molecular formula is C16H15N3O2. The molecule has 3 aromatic rings. The number of para-hydroxylation sites is 1. The number of primary amides is 1. The van der Waals surface area contributed by atoms with E-state index in [1.807, 2.05) is 30.3 Å². The molecule has 2 aromatic heterocycles. The van der Waals surface area contributed by atoms with Crippen LogP contribution in [0.1, 0.15) is 30.0 Å². The third-order valence-electron chi connectivity index (χ3n) is 4.17. The van der Waals surface area contributed by atoms with E-state index in [1.165, 1.54) is 0 Å². The van der Waals surface area contributed by atoms with Crippen LogP contribution in [0.4, 0.5) is 0 Å². The topological polar surface area (TPSA) is 84.9 Å². The molecule has 0 saturated carbocycles. The highest BCUT2D eigenvalue weighted by molar-refractivity contribution is 5.85. The number of amides is 1. The molecule has 0 bridgehead atoms. The van der Waals surface area contributed by atoms with Gasteiger partial charge in [-0.25, -0.2) is 0 Å². The molecule has 1 aliphatic carbocycles. The van der Waals surface area contributed by atoms with E-state index in [0.717, 1.165) is 52.9 Å². The lowest BCUT2D eigenvalue weighted by atomic mass is 9.86. The lowest BCUT2D eigenvalue weighted by Gasteiger charge is -2.18. The van der Waals surface area contributed by atoms with Crippen LogP contribution in [0.2, 0.25) is 0 Å².